The molecule has 2 atom stereocenters. The van der Waals surface area contributed by atoms with Crippen LogP contribution < -0.4 is 5.32 Å². The number of esters is 1. The molecule has 2 rings (SSSR count). The van der Waals surface area contributed by atoms with E-state index in [1.165, 1.54) is 0 Å². The average Bonchev–Trinajstić information content (AvgIpc) is 2.55. The van der Waals surface area contributed by atoms with Crippen molar-refractivity contribution in [3.63, 3.8) is 0 Å². The van der Waals surface area contributed by atoms with Crippen molar-refractivity contribution in [2.75, 3.05) is 26.3 Å². The third kappa shape index (κ3) is 1.88. The van der Waals surface area contributed by atoms with Crippen LogP contribution in [0.2, 0.25) is 0 Å². The van der Waals surface area contributed by atoms with Crippen LogP contribution in [0.5, 0.6) is 0 Å². The molecule has 4 heteroatoms. The minimum atomic E-state index is -0.423. The molecule has 0 aromatic carbocycles. The quantitative estimate of drug-likeness (QED) is 0.647. The van der Waals surface area contributed by atoms with Crippen LogP contribution in [0.1, 0.15) is 20.8 Å². The van der Waals surface area contributed by atoms with Crippen LogP contribution in [0.4, 0.5) is 0 Å². The van der Waals surface area contributed by atoms with Gasteiger partial charge in [0, 0.05) is 19.0 Å². The molecule has 15 heavy (non-hydrogen) atoms. The second-order valence-electron chi connectivity index (χ2n) is 5.50. The number of rotatable bonds is 1. The number of ether oxygens (including phenoxy) is 2. The zero-order chi connectivity index (χ0) is 11.1. The van der Waals surface area contributed by atoms with E-state index in [-0.39, 0.29) is 11.9 Å². The number of carbonyl (C=O) groups excluding carboxylic acids is 1. The first kappa shape index (κ1) is 10.9. The van der Waals surface area contributed by atoms with E-state index in [4.69, 9.17) is 9.47 Å². The van der Waals surface area contributed by atoms with Gasteiger partial charge in [-0.3, -0.25) is 4.79 Å². The fraction of sp³-hybridized carbons (Fsp3) is 0.909. The largest absolute Gasteiger partial charge is 0.459 e. The van der Waals surface area contributed by atoms with Gasteiger partial charge >= 0.3 is 5.97 Å². The first-order valence-corrected chi connectivity index (χ1v) is 5.46. The van der Waals surface area contributed by atoms with Crippen LogP contribution in [0, 0.1) is 11.3 Å². The zero-order valence-electron chi connectivity index (χ0n) is 9.63. The van der Waals surface area contributed by atoms with Gasteiger partial charge in [-0.25, -0.2) is 0 Å². The number of nitrogens with one attached hydrogen (secondary N) is 1. The maximum atomic E-state index is 12.1. The number of hydrogen-bond donors (Lipinski definition) is 1. The Morgan fingerprint density at radius 1 is 1.53 bits per heavy atom. The second-order valence-corrected chi connectivity index (χ2v) is 5.50. The lowest BCUT2D eigenvalue weighted by molar-refractivity contribution is -0.167. The van der Waals surface area contributed by atoms with Crippen molar-refractivity contribution in [2.24, 2.45) is 11.3 Å². The van der Waals surface area contributed by atoms with Crippen molar-refractivity contribution >= 4 is 5.97 Å². The minimum absolute atomic E-state index is 0.109. The first-order chi connectivity index (χ1) is 6.94. The Hall–Kier alpha value is -0.610. The highest BCUT2D eigenvalue weighted by Gasteiger charge is 2.54. The molecule has 4 nitrogen and oxygen atoms in total. The van der Waals surface area contributed by atoms with Crippen LogP contribution in [0.15, 0.2) is 0 Å². The Morgan fingerprint density at radius 3 is 2.93 bits per heavy atom. The molecule has 2 aliphatic rings. The van der Waals surface area contributed by atoms with Crippen molar-refractivity contribution in [1.29, 1.82) is 0 Å². The van der Waals surface area contributed by atoms with Gasteiger partial charge in [0.05, 0.1) is 13.2 Å². The molecule has 0 aromatic rings. The van der Waals surface area contributed by atoms with Crippen LogP contribution in [-0.4, -0.2) is 37.9 Å². The second kappa shape index (κ2) is 3.46. The van der Waals surface area contributed by atoms with Crippen LogP contribution >= 0.6 is 0 Å². The summed E-state index contributed by atoms with van der Waals surface area (Å²) in [4.78, 5) is 12.1. The van der Waals surface area contributed by atoms with E-state index in [2.05, 4.69) is 5.32 Å². The van der Waals surface area contributed by atoms with Gasteiger partial charge in [0.1, 0.15) is 11.0 Å². The molecule has 0 spiro atoms. The molecule has 2 saturated heterocycles. The molecular weight excluding hydrogens is 194 g/mol. The summed E-state index contributed by atoms with van der Waals surface area (Å²) in [5, 5.41) is 3.25. The van der Waals surface area contributed by atoms with Gasteiger partial charge in [-0.2, -0.15) is 0 Å². The molecule has 0 saturated carbocycles. The highest BCUT2D eigenvalue weighted by atomic mass is 16.6. The Kier molecular flexibility index (Phi) is 2.51. The highest BCUT2D eigenvalue weighted by molar-refractivity contribution is 5.79. The summed E-state index contributed by atoms with van der Waals surface area (Å²) in [6.07, 6.45) is 0. The molecule has 2 unspecified atom stereocenters. The predicted molar refractivity (Wildman–Crippen MR) is 55.5 cm³/mol. The molecular formula is C11H19NO3. The monoisotopic (exact) mass is 213 g/mol. The lowest BCUT2D eigenvalue weighted by Crippen LogP contribution is -2.43. The third-order valence-corrected chi connectivity index (χ3v) is 3.10. The van der Waals surface area contributed by atoms with Gasteiger partial charge < -0.3 is 14.8 Å². The Balaban J connectivity index is 2.11. The van der Waals surface area contributed by atoms with Gasteiger partial charge in [-0.1, -0.05) is 0 Å². The fourth-order valence-electron chi connectivity index (χ4n) is 2.26. The van der Waals surface area contributed by atoms with Crippen molar-refractivity contribution in [1.82, 2.24) is 5.32 Å². The number of fused-ring (bicyclic) bond motifs is 1. The summed E-state index contributed by atoms with van der Waals surface area (Å²) in [5.74, 6) is 0.176. The highest BCUT2D eigenvalue weighted by Crippen LogP contribution is 2.39. The average molecular weight is 213 g/mol. The SMILES string of the molecule is CC(C)(C)OC(=O)C12CNCC1COC2. The molecule has 0 aromatic heterocycles. The van der Waals surface area contributed by atoms with Crippen LogP contribution in [0.3, 0.4) is 0 Å². The third-order valence-electron chi connectivity index (χ3n) is 3.10. The molecule has 2 aliphatic heterocycles. The zero-order valence-corrected chi connectivity index (χ0v) is 9.63. The Labute approximate surface area is 90.3 Å². The topological polar surface area (TPSA) is 47.6 Å². The van der Waals surface area contributed by atoms with E-state index in [9.17, 15) is 4.79 Å². The van der Waals surface area contributed by atoms with E-state index in [0.717, 1.165) is 6.54 Å². The summed E-state index contributed by atoms with van der Waals surface area (Å²) < 4.78 is 10.9. The van der Waals surface area contributed by atoms with Gasteiger partial charge in [0.2, 0.25) is 0 Å². The van der Waals surface area contributed by atoms with Crippen molar-refractivity contribution in [2.45, 2.75) is 26.4 Å². The smallest absolute Gasteiger partial charge is 0.316 e. The van der Waals surface area contributed by atoms with Gasteiger partial charge in [0.15, 0.2) is 0 Å². The predicted octanol–water partition coefficient (Wildman–Crippen LogP) is 0.564. The first-order valence-electron chi connectivity index (χ1n) is 5.46. The summed E-state index contributed by atoms with van der Waals surface area (Å²) in [6, 6.07) is 0. The van der Waals surface area contributed by atoms with Gasteiger partial charge in [0.25, 0.3) is 0 Å². The molecule has 86 valence electrons. The van der Waals surface area contributed by atoms with E-state index in [0.29, 0.717) is 19.8 Å². The van der Waals surface area contributed by atoms with E-state index < -0.39 is 11.0 Å². The number of hydrogen-bond acceptors (Lipinski definition) is 4. The molecule has 1 N–H and O–H groups in total. The molecule has 0 bridgehead atoms. The lowest BCUT2D eigenvalue weighted by Gasteiger charge is -2.29. The van der Waals surface area contributed by atoms with Crippen LogP contribution in [-0.2, 0) is 14.3 Å². The van der Waals surface area contributed by atoms with Crippen molar-refractivity contribution in [3.8, 4) is 0 Å². The number of carbonyl (C=O) groups is 1. The summed E-state index contributed by atoms with van der Waals surface area (Å²) in [5.41, 5.74) is -0.838. The summed E-state index contributed by atoms with van der Waals surface area (Å²) >= 11 is 0. The van der Waals surface area contributed by atoms with Crippen molar-refractivity contribution < 1.29 is 14.3 Å². The summed E-state index contributed by atoms with van der Waals surface area (Å²) in [7, 11) is 0. The molecule has 0 amide bonds. The Morgan fingerprint density at radius 2 is 2.27 bits per heavy atom. The normalized spacial score (nSPS) is 35.3. The Bertz CT molecular complexity index is 259. The maximum absolute atomic E-state index is 12.1. The van der Waals surface area contributed by atoms with E-state index >= 15 is 0 Å². The molecule has 2 heterocycles. The maximum Gasteiger partial charge on any atom is 0.316 e. The fourth-order valence-corrected chi connectivity index (χ4v) is 2.26. The van der Waals surface area contributed by atoms with Gasteiger partial charge in [-0.05, 0) is 20.8 Å². The molecule has 0 aliphatic carbocycles. The van der Waals surface area contributed by atoms with E-state index in [1.54, 1.807) is 0 Å². The molecule has 2 fully saturated rings. The minimum Gasteiger partial charge on any atom is -0.459 e. The lowest BCUT2D eigenvalue weighted by atomic mass is 9.81. The summed E-state index contributed by atoms with van der Waals surface area (Å²) in [6.45, 7) is 8.41. The standard InChI is InChI=1S/C11H19NO3/c1-10(2,3)15-9(13)11-6-12-4-8(11)5-14-7-11/h8,12H,4-7H2,1-3H3. The van der Waals surface area contributed by atoms with E-state index in [1.807, 2.05) is 20.8 Å². The molecule has 0 radical (unpaired) electrons. The van der Waals surface area contributed by atoms with Gasteiger partial charge in [-0.15, -0.1) is 0 Å². The van der Waals surface area contributed by atoms with Crippen LogP contribution in [0.25, 0.3) is 0 Å². The van der Waals surface area contributed by atoms with Crippen molar-refractivity contribution in [3.05, 3.63) is 0 Å².